The van der Waals surface area contributed by atoms with Crippen molar-refractivity contribution in [1.82, 2.24) is 15.3 Å². The first kappa shape index (κ1) is 18.1. The summed E-state index contributed by atoms with van der Waals surface area (Å²) in [7, 11) is 0. The van der Waals surface area contributed by atoms with Gasteiger partial charge in [-0.2, -0.15) is 0 Å². The Kier molecular flexibility index (Phi) is 4.79. The average Bonchev–Trinajstić information content (AvgIpc) is 2.67. The highest BCUT2D eigenvalue weighted by atomic mass is 16.1. The molecule has 0 saturated heterocycles. The van der Waals surface area contributed by atoms with Crippen LogP contribution >= 0.6 is 0 Å². The van der Waals surface area contributed by atoms with Crippen LogP contribution < -0.4 is 26.6 Å². The average molecular weight is 373 g/mol. The molecule has 0 fully saturated rings. The summed E-state index contributed by atoms with van der Waals surface area (Å²) in [6, 6.07) is 14.4. The fourth-order valence-corrected chi connectivity index (χ4v) is 3.36. The molecule has 6 nitrogen and oxygen atoms in total. The molecule has 3 aromatic rings. The van der Waals surface area contributed by atoms with Crippen LogP contribution in [0.3, 0.4) is 0 Å². The normalized spacial score (nSPS) is 12.3. The fraction of sp³-hybridized carbons (Fsp3) is 0.227. The van der Waals surface area contributed by atoms with Crippen molar-refractivity contribution in [2.45, 2.75) is 20.4 Å². The van der Waals surface area contributed by atoms with E-state index in [1.807, 2.05) is 31.2 Å². The number of H-pyrrole nitrogens is 1. The molecular formula is C22H23N5O. The van der Waals surface area contributed by atoms with Gasteiger partial charge in [-0.25, -0.2) is 9.98 Å². The van der Waals surface area contributed by atoms with Gasteiger partial charge in [0.05, 0.1) is 11.4 Å². The Bertz CT molecular complexity index is 1180. The molecule has 1 aliphatic rings. The third-order valence-corrected chi connectivity index (χ3v) is 4.98. The Labute approximate surface area is 163 Å². The van der Waals surface area contributed by atoms with Gasteiger partial charge in [-0.05, 0) is 42.7 Å². The SMILES string of the molecule is C=c1nc2c(c(=O)[nH]1)=Nc1cc(C)c(C)cc1N2CCNCc1ccccc1. The highest BCUT2D eigenvalue weighted by Crippen LogP contribution is 2.36. The Balaban J connectivity index is 1.66. The molecule has 2 aromatic carbocycles. The summed E-state index contributed by atoms with van der Waals surface area (Å²) in [4.78, 5) is 26.2. The van der Waals surface area contributed by atoms with Gasteiger partial charge in [0.15, 0.2) is 11.2 Å². The topological polar surface area (TPSA) is 73.4 Å². The number of aromatic amines is 1. The van der Waals surface area contributed by atoms with Gasteiger partial charge in [0.1, 0.15) is 5.48 Å². The van der Waals surface area contributed by atoms with Crippen molar-refractivity contribution in [3.05, 3.63) is 80.3 Å². The van der Waals surface area contributed by atoms with Crippen LogP contribution in [0.5, 0.6) is 0 Å². The predicted molar refractivity (Wildman–Crippen MR) is 112 cm³/mol. The summed E-state index contributed by atoms with van der Waals surface area (Å²) in [5.41, 5.74) is 5.40. The monoisotopic (exact) mass is 373 g/mol. The number of hydrogen-bond acceptors (Lipinski definition) is 5. The molecule has 4 rings (SSSR count). The summed E-state index contributed by atoms with van der Waals surface area (Å²) < 4.78 is 0. The van der Waals surface area contributed by atoms with Crippen LogP contribution in [-0.4, -0.2) is 23.1 Å². The van der Waals surface area contributed by atoms with E-state index in [4.69, 9.17) is 0 Å². The molecule has 2 heterocycles. The molecular weight excluding hydrogens is 350 g/mol. The van der Waals surface area contributed by atoms with E-state index in [0.29, 0.717) is 23.2 Å². The van der Waals surface area contributed by atoms with Crippen LogP contribution in [0.2, 0.25) is 0 Å². The smallest absolute Gasteiger partial charge is 0.279 e. The lowest BCUT2D eigenvalue weighted by atomic mass is 10.1. The molecule has 1 aliphatic heterocycles. The minimum Gasteiger partial charge on any atom is -0.321 e. The van der Waals surface area contributed by atoms with Crippen molar-refractivity contribution in [1.29, 1.82) is 0 Å². The molecule has 0 atom stereocenters. The second kappa shape index (κ2) is 7.40. The first-order valence-electron chi connectivity index (χ1n) is 9.34. The molecule has 0 bridgehead atoms. The summed E-state index contributed by atoms with van der Waals surface area (Å²) in [5, 5.41) is 3.80. The molecule has 0 aliphatic carbocycles. The zero-order valence-corrected chi connectivity index (χ0v) is 16.1. The Morgan fingerprint density at radius 1 is 1.14 bits per heavy atom. The van der Waals surface area contributed by atoms with Crippen molar-refractivity contribution >= 4 is 23.8 Å². The van der Waals surface area contributed by atoms with Gasteiger partial charge in [-0.15, -0.1) is 0 Å². The zero-order chi connectivity index (χ0) is 19.7. The maximum atomic E-state index is 12.4. The number of anilines is 2. The first-order chi connectivity index (χ1) is 13.5. The van der Waals surface area contributed by atoms with Gasteiger partial charge in [0, 0.05) is 19.6 Å². The minimum absolute atomic E-state index is 0.263. The Hall–Kier alpha value is -3.25. The third kappa shape index (κ3) is 3.46. The minimum atomic E-state index is -0.263. The van der Waals surface area contributed by atoms with Gasteiger partial charge in [0.25, 0.3) is 5.56 Å². The second-order valence-electron chi connectivity index (χ2n) is 7.04. The number of rotatable bonds is 5. The van der Waals surface area contributed by atoms with Gasteiger partial charge in [-0.1, -0.05) is 36.9 Å². The number of aromatic nitrogens is 2. The van der Waals surface area contributed by atoms with Gasteiger partial charge < -0.3 is 15.2 Å². The maximum absolute atomic E-state index is 12.4. The Morgan fingerprint density at radius 3 is 2.68 bits per heavy atom. The lowest BCUT2D eigenvalue weighted by molar-refractivity contribution is 0.682. The van der Waals surface area contributed by atoms with Crippen LogP contribution in [0, 0.1) is 13.8 Å². The number of benzene rings is 2. The molecule has 6 heteroatoms. The van der Waals surface area contributed by atoms with Crippen LogP contribution in [0.15, 0.2) is 52.3 Å². The maximum Gasteiger partial charge on any atom is 0.279 e. The van der Waals surface area contributed by atoms with E-state index in [0.717, 1.165) is 30.0 Å². The van der Waals surface area contributed by atoms with E-state index in [1.54, 1.807) is 0 Å². The number of fused-ring (bicyclic) bond motifs is 2. The van der Waals surface area contributed by atoms with Crippen LogP contribution in [0.1, 0.15) is 16.7 Å². The molecule has 0 spiro atoms. The molecule has 0 amide bonds. The number of hydrogen-bond donors (Lipinski definition) is 2. The standard InChI is InChI=1S/C22H23N5O/c1-14-11-18-19(12-15(14)2)27(10-9-23-13-17-7-5-4-6-8-17)21-20(26-18)22(28)25-16(3)24-21/h4-8,11-12,23H,3,9-10,13H2,1-2H3,(H,25,28). The van der Waals surface area contributed by atoms with E-state index in [2.05, 4.69) is 56.9 Å². The van der Waals surface area contributed by atoms with Crippen molar-refractivity contribution in [2.24, 2.45) is 4.99 Å². The first-order valence-corrected chi connectivity index (χ1v) is 9.34. The number of aryl methyl sites for hydroxylation is 2. The van der Waals surface area contributed by atoms with Gasteiger partial charge >= 0.3 is 0 Å². The quantitative estimate of drug-likeness (QED) is 0.671. The van der Waals surface area contributed by atoms with Crippen molar-refractivity contribution in [3.63, 3.8) is 0 Å². The predicted octanol–water partition coefficient (Wildman–Crippen LogP) is 1.99. The van der Waals surface area contributed by atoms with E-state index < -0.39 is 0 Å². The highest BCUT2D eigenvalue weighted by molar-refractivity contribution is 5.77. The summed E-state index contributed by atoms with van der Waals surface area (Å²) >= 11 is 0. The summed E-state index contributed by atoms with van der Waals surface area (Å²) in [6.07, 6.45) is 0. The van der Waals surface area contributed by atoms with Crippen molar-refractivity contribution < 1.29 is 0 Å². The molecule has 28 heavy (non-hydrogen) atoms. The molecule has 0 saturated carbocycles. The largest absolute Gasteiger partial charge is 0.321 e. The van der Waals surface area contributed by atoms with Gasteiger partial charge in [0.2, 0.25) is 0 Å². The molecule has 1 aromatic heterocycles. The van der Waals surface area contributed by atoms with Crippen LogP contribution in [-0.2, 0) is 6.54 Å². The second-order valence-corrected chi connectivity index (χ2v) is 7.04. The lowest BCUT2D eigenvalue weighted by Crippen LogP contribution is -2.43. The Morgan fingerprint density at radius 2 is 1.89 bits per heavy atom. The fourth-order valence-electron chi connectivity index (χ4n) is 3.36. The van der Waals surface area contributed by atoms with Gasteiger partial charge in [-0.3, -0.25) is 4.79 Å². The molecule has 0 radical (unpaired) electrons. The summed E-state index contributed by atoms with van der Waals surface area (Å²) in [5.74, 6) is 0.561. The van der Waals surface area contributed by atoms with E-state index in [-0.39, 0.29) is 5.56 Å². The number of nitrogens with zero attached hydrogens (tertiary/aromatic N) is 3. The highest BCUT2D eigenvalue weighted by Gasteiger charge is 2.23. The van der Waals surface area contributed by atoms with Crippen LogP contribution in [0.25, 0.3) is 6.58 Å². The molecule has 142 valence electrons. The van der Waals surface area contributed by atoms with E-state index >= 15 is 0 Å². The lowest BCUT2D eigenvalue weighted by Gasteiger charge is -2.28. The van der Waals surface area contributed by atoms with E-state index in [1.165, 1.54) is 11.1 Å². The van der Waals surface area contributed by atoms with Crippen molar-refractivity contribution in [3.8, 4) is 0 Å². The zero-order valence-electron chi connectivity index (χ0n) is 16.1. The third-order valence-electron chi connectivity index (χ3n) is 4.98. The molecule has 0 unspecified atom stereocenters. The molecule has 2 N–H and O–H groups in total. The van der Waals surface area contributed by atoms with E-state index in [9.17, 15) is 4.79 Å². The van der Waals surface area contributed by atoms with Crippen LogP contribution in [0.4, 0.5) is 17.2 Å². The summed E-state index contributed by atoms with van der Waals surface area (Å²) in [6.45, 7) is 10.1. The van der Waals surface area contributed by atoms with Crippen molar-refractivity contribution in [2.75, 3.05) is 18.0 Å². The number of nitrogens with one attached hydrogen (secondary N) is 2.